The highest BCUT2D eigenvalue weighted by molar-refractivity contribution is 5.92. The lowest BCUT2D eigenvalue weighted by molar-refractivity contribution is -0.201. The summed E-state index contributed by atoms with van der Waals surface area (Å²) in [6, 6.07) is 8.30. The number of ether oxygens (including phenoxy) is 1. The Labute approximate surface area is 268 Å². The Morgan fingerprint density at radius 2 is 1.85 bits per heavy atom. The lowest BCUT2D eigenvalue weighted by Crippen LogP contribution is -2.78. The van der Waals surface area contributed by atoms with Crippen LogP contribution in [0.4, 0.5) is 13.2 Å². The van der Waals surface area contributed by atoms with Gasteiger partial charge in [-0.25, -0.2) is 0 Å². The first-order chi connectivity index (χ1) is 22.1. The maximum atomic E-state index is 14.2. The first-order valence-corrected chi connectivity index (χ1v) is 17.2. The van der Waals surface area contributed by atoms with Gasteiger partial charge in [0.1, 0.15) is 6.10 Å². The highest BCUT2D eigenvalue weighted by Crippen LogP contribution is 2.66. The van der Waals surface area contributed by atoms with Gasteiger partial charge in [0, 0.05) is 30.8 Å². The Balaban J connectivity index is 1.16. The molecule has 2 N–H and O–H groups in total. The number of rotatable bonds is 7. The minimum atomic E-state index is -4.47. The third-order valence-corrected chi connectivity index (χ3v) is 12.2. The van der Waals surface area contributed by atoms with Crippen molar-refractivity contribution in [2.24, 2.45) is 11.8 Å². The Hall–Kier alpha value is -3.04. The van der Waals surface area contributed by atoms with E-state index in [0.29, 0.717) is 55.4 Å². The van der Waals surface area contributed by atoms with Crippen LogP contribution in [0.1, 0.15) is 86.5 Å². The lowest BCUT2D eigenvalue weighted by atomic mass is 9.48. The first-order valence-electron chi connectivity index (χ1n) is 17.2. The van der Waals surface area contributed by atoms with E-state index < -0.39 is 28.9 Å². The fraction of sp³-hybridized carbons (Fsp3) is 0.595. The van der Waals surface area contributed by atoms with Crippen LogP contribution < -0.4 is 4.74 Å². The average Bonchev–Trinajstić information content (AvgIpc) is 3.79. The third kappa shape index (κ3) is 4.78. The molecule has 2 aromatic carbocycles. The molecule has 0 radical (unpaired) electrons. The summed E-state index contributed by atoms with van der Waals surface area (Å²) in [7, 11) is 0. The monoisotopic (exact) mass is 636 g/mol. The van der Waals surface area contributed by atoms with Gasteiger partial charge in [0.15, 0.2) is 11.5 Å². The number of hydrogen-bond acceptors (Lipinski definition) is 5. The lowest BCUT2D eigenvalue weighted by Gasteiger charge is -2.65. The summed E-state index contributed by atoms with van der Waals surface area (Å²) in [6.45, 7) is 2.36. The van der Waals surface area contributed by atoms with E-state index in [0.717, 1.165) is 62.0 Å². The number of phenolic OH excluding ortho intramolecular Hbond substituents is 1. The van der Waals surface area contributed by atoms with Gasteiger partial charge in [0.05, 0.1) is 22.6 Å². The maximum absolute atomic E-state index is 14.2. The molecule has 6 aliphatic rings. The molecule has 0 unspecified atom stereocenters. The molecular formula is C37H43F3N2O4. The Kier molecular flexibility index (Phi) is 7.25. The fourth-order valence-electron chi connectivity index (χ4n) is 9.89. The van der Waals surface area contributed by atoms with Crippen LogP contribution in [0.5, 0.6) is 11.5 Å². The van der Waals surface area contributed by atoms with Gasteiger partial charge in [-0.05, 0) is 105 Å². The number of hydrogen-bond donors (Lipinski definition) is 2. The van der Waals surface area contributed by atoms with E-state index in [1.807, 2.05) is 11.0 Å². The predicted molar refractivity (Wildman–Crippen MR) is 167 cm³/mol. The van der Waals surface area contributed by atoms with Crippen LogP contribution in [0.15, 0.2) is 42.5 Å². The number of benzene rings is 2. The highest BCUT2D eigenvalue weighted by atomic mass is 19.4. The molecule has 0 aromatic heterocycles. The summed E-state index contributed by atoms with van der Waals surface area (Å²) in [5.41, 5.74) is -0.203. The van der Waals surface area contributed by atoms with Crippen LogP contribution in [-0.2, 0) is 22.8 Å². The van der Waals surface area contributed by atoms with E-state index in [4.69, 9.17) is 4.74 Å². The molecule has 2 aliphatic heterocycles. The Bertz CT molecular complexity index is 1550. The third-order valence-electron chi connectivity index (χ3n) is 12.2. The highest BCUT2D eigenvalue weighted by Gasteiger charge is 2.73. The Morgan fingerprint density at radius 1 is 1.04 bits per heavy atom. The molecule has 1 saturated heterocycles. The standard InChI is InChI=1S/C37H43F3N2O4/c38-37(39,40)27-8-4-7-23(19-27)11-14-31(44)42(22-24-5-2-1-3-6-24)28-15-16-36(45)30-20-26-12-13-29(43)33-32(26)35(36,34(28)46-33)17-18-41(30)21-25-9-10-25/h4,7-8,11-14,19,24-25,28,30,34,43,45H,1-3,5-6,9-10,15-18,20-22H2/t28-,30-,34+,35+,36-/m1/s1. The minimum Gasteiger partial charge on any atom is -0.504 e. The number of aliphatic hydroxyl groups is 1. The molecule has 1 amide bonds. The maximum Gasteiger partial charge on any atom is 0.416 e. The van der Waals surface area contributed by atoms with Gasteiger partial charge in [-0.2, -0.15) is 13.2 Å². The predicted octanol–water partition coefficient (Wildman–Crippen LogP) is 6.47. The summed E-state index contributed by atoms with van der Waals surface area (Å²) in [5, 5.41) is 24.0. The summed E-state index contributed by atoms with van der Waals surface area (Å²) in [4.78, 5) is 18.6. The van der Waals surface area contributed by atoms with Gasteiger partial charge >= 0.3 is 6.18 Å². The van der Waals surface area contributed by atoms with Crippen molar-refractivity contribution in [2.75, 3.05) is 19.6 Å². The number of likely N-dealkylation sites (tertiary alicyclic amines) is 1. The van der Waals surface area contributed by atoms with Gasteiger partial charge in [-0.15, -0.1) is 0 Å². The number of phenols is 1. The molecule has 8 rings (SSSR count). The van der Waals surface area contributed by atoms with Gasteiger partial charge < -0.3 is 19.8 Å². The van der Waals surface area contributed by atoms with Crippen LogP contribution in [0.25, 0.3) is 6.08 Å². The van der Waals surface area contributed by atoms with Crippen molar-refractivity contribution in [3.63, 3.8) is 0 Å². The molecule has 1 spiro atoms. The summed E-state index contributed by atoms with van der Waals surface area (Å²) < 4.78 is 47.0. The zero-order valence-electron chi connectivity index (χ0n) is 26.1. The number of amides is 1. The van der Waals surface area contributed by atoms with Crippen molar-refractivity contribution < 1.29 is 32.9 Å². The van der Waals surface area contributed by atoms with E-state index in [1.165, 1.54) is 37.5 Å². The van der Waals surface area contributed by atoms with E-state index >= 15 is 0 Å². The number of alkyl halides is 3. The van der Waals surface area contributed by atoms with E-state index in [2.05, 4.69) is 4.90 Å². The second-order valence-electron chi connectivity index (χ2n) is 14.8. The van der Waals surface area contributed by atoms with Crippen molar-refractivity contribution in [2.45, 2.75) is 106 Å². The molecule has 4 aliphatic carbocycles. The summed E-state index contributed by atoms with van der Waals surface area (Å²) >= 11 is 0. The fourth-order valence-corrected chi connectivity index (χ4v) is 9.89. The SMILES string of the molecule is O=C(C=Cc1cccc(C(F)(F)F)c1)N(CC1CCCCC1)[C@@H]1CC[C@@]2(O)[C@H]3Cc4ccc(O)c5c4[C@@]2(CCN3CC2CC2)[C@H]1O5. The number of piperidine rings is 1. The summed E-state index contributed by atoms with van der Waals surface area (Å²) in [5.74, 6) is 1.28. The van der Waals surface area contributed by atoms with Crippen LogP contribution >= 0.6 is 0 Å². The van der Waals surface area contributed by atoms with Gasteiger partial charge in [-0.3, -0.25) is 9.69 Å². The number of carbonyl (C=O) groups is 1. The van der Waals surface area contributed by atoms with Crippen LogP contribution in [-0.4, -0.2) is 69.3 Å². The van der Waals surface area contributed by atoms with E-state index in [1.54, 1.807) is 12.1 Å². The molecule has 9 heteroatoms. The molecule has 6 nitrogen and oxygen atoms in total. The van der Waals surface area contributed by atoms with E-state index in [-0.39, 0.29) is 23.7 Å². The largest absolute Gasteiger partial charge is 0.504 e. The summed E-state index contributed by atoms with van der Waals surface area (Å²) in [6.07, 6.45) is 8.28. The zero-order valence-corrected chi connectivity index (χ0v) is 26.1. The normalized spacial score (nSPS) is 32.3. The van der Waals surface area contributed by atoms with Crippen molar-refractivity contribution in [1.29, 1.82) is 0 Å². The molecular weight excluding hydrogens is 593 g/mol. The van der Waals surface area contributed by atoms with Crippen LogP contribution in [0.3, 0.4) is 0 Å². The molecule has 2 heterocycles. The number of aromatic hydroxyl groups is 1. The molecule has 3 saturated carbocycles. The van der Waals surface area contributed by atoms with Crippen LogP contribution in [0, 0.1) is 11.8 Å². The van der Waals surface area contributed by atoms with Gasteiger partial charge in [0.25, 0.3) is 0 Å². The first kappa shape index (κ1) is 30.3. The van der Waals surface area contributed by atoms with Crippen molar-refractivity contribution in [3.05, 3.63) is 64.7 Å². The molecule has 4 fully saturated rings. The second-order valence-corrected chi connectivity index (χ2v) is 14.8. The van der Waals surface area contributed by atoms with E-state index in [9.17, 15) is 28.2 Å². The molecule has 246 valence electrons. The van der Waals surface area contributed by atoms with Crippen molar-refractivity contribution >= 4 is 12.0 Å². The second kappa shape index (κ2) is 11.0. The number of nitrogens with zero attached hydrogens (tertiary/aromatic N) is 2. The smallest absolute Gasteiger partial charge is 0.416 e. The zero-order chi connectivity index (χ0) is 31.8. The van der Waals surface area contributed by atoms with Crippen molar-refractivity contribution in [3.8, 4) is 11.5 Å². The molecule has 2 bridgehead atoms. The van der Waals surface area contributed by atoms with Gasteiger partial charge in [0.2, 0.25) is 5.91 Å². The number of halogens is 3. The Morgan fingerprint density at radius 3 is 2.61 bits per heavy atom. The molecule has 5 atom stereocenters. The minimum absolute atomic E-state index is 0.0554. The average molecular weight is 637 g/mol. The quantitative estimate of drug-likeness (QED) is 0.341. The number of carbonyl (C=O) groups excluding carboxylic acids is 1. The van der Waals surface area contributed by atoms with Crippen molar-refractivity contribution in [1.82, 2.24) is 9.80 Å². The topological polar surface area (TPSA) is 73.2 Å². The molecule has 46 heavy (non-hydrogen) atoms. The van der Waals surface area contributed by atoms with Crippen LogP contribution in [0.2, 0.25) is 0 Å². The van der Waals surface area contributed by atoms with Gasteiger partial charge in [-0.1, -0.05) is 37.5 Å². The molecule has 2 aromatic rings.